The van der Waals surface area contributed by atoms with Crippen LogP contribution in [0.2, 0.25) is 0 Å². The molecule has 2 N–H and O–H groups in total. The molecule has 126 valence electrons. The molecular formula is C15H14F3N5S. The van der Waals surface area contributed by atoms with Crippen LogP contribution in [0.25, 0.3) is 0 Å². The van der Waals surface area contributed by atoms with E-state index in [0.717, 1.165) is 17.2 Å². The highest BCUT2D eigenvalue weighted by molar-refractivity contribution is 7.80. The Bertz CT molecular complexity index is 753. The van der Waals surface area contributed by atoms with E-state index in [2.05, 4.69) is 20.6 Å². The average Bonchev–Trinajstić information content (AvgIpc) is 2.97. The molecular weight excluding hydrogens is 339 g/mol. The molecule has 0 radical (unpaired) electrons. The molecule has 24 heavy (non-hydrogen) atoms. The van der Waals surface area contributed by atoms with E-state index in [4.69, 9.17) is 12.2 Å². The summed E-state index contributed by atoms with van der Waals surface area (Å²) in [6.07, 6.45) is -4.57. The van der Waals surface area contributed by atoms with Gasteiger partial charge in [-0.25, -0.2) is 4.98 Å². The summed E-state index contributed by atoms with van der Waals surface area (Å²) in [6.45, 7) is 1.00. The largest absolute Gasteiger partial charge is 0.433 e. The van der Waals surface area contributed by atoms with Crippen molar-refractivity contribution in [3.8, 4) is 0 Å². The van der Waals surface area contributed by atoms with E-state index in [1.54, 1.807) is 11.9 Å². The Morgan fingerprint density at radius 1 is 1.17 bits per heavy atom. The lowest BCUT2D eigenvalue weighted by Crippen LogP contribution is -2.27. The first kappa shape index (κ1) is 16.4. The maximum atomic E-state index is 13.1. The number of halogens is 3. The van der Waals surface area contributed by atoms with Crippen LogP contribution in [0.5, 0.6) is 0 Å². The molecule has 0 spiro atoms. The van der Waals surface area contributed by atoms with Crippen LogP contribution in [0.15, 0.2) is 30.3 Å². The van der Waals surface area contributed by atoms with Gasteiger partial charge in [-0.3, -0.25) is 0 Å². The third-order valence-corrected chi connectivity index (χ3v) is 3.93. The van der Waals surface area contributed by atoms with Crippen LogP contribution in [0, 0.1) is 0 Å². The molecule has 0 saturated heterocycles. The second-order valence-corrected chi connectivity index (χ2v) is 5.67. The van der Waals surface area contributed by atoms with Crippen molar-refractivity contribution < 1.29 is 13.2 Å². The summed E-state index contributed by atoms with van der Waals surface area (Å²) in [6, 6.07) is 8.68. The number of hydrogen-bond donors (Lipinski definition) is 2. The van der Waals surface area contributed by atoms with E-state index >= 15 is 0 Å². The van der Waals surface area contributed by atoms with Crippen molar-refractivity contribution in [1.29, 1.82) is 0 Å². The number of thiocarbonyl (C=S) groups is 1. The van der Waals surface area contributed by atoms with Gasteiger partial charge in [-0.15, -0.1) is 0 Å². The van der Waals surface area contributed by atoms with E-state index in [1.807, 2.05) is 24.3 Å². The number of rotatable bonds is 2. The van der Waals surface area contributed by atoms with Crippen LogP contribution in [-0.4, -0.2) is 22.1 Å². The highest BCUT2D eigenvalue weighted by Crippen LogP contribution is 2.33. The molecule has 1 aromatic carbocycles. The topological polar surface area (TPSA) is 53.1 Å². The van der Waals surface area contributed by atoms with Gasteiger partial charge in [-0.2, -0.15) is 18.2 Å². The molecule has 0 fully saturated rings. The van der Waals surface area contributed by atoms with Crippen LogP contribution in [0.1, 0.15) is 16.8 Å². The van der Waals surface area contributed by atoms with Crippen LogP contribution in [0.3, 0.4) is 0 Å². The van der Waals surface area contributed by atoms with Gasteiger partial charge in [0.15, 0.2) is 10.8 Å². The maximum absolute atomic E-state index is 13.1. The zero-order valence-corrected chi connectivity index (χ0v) is 13.5. The molecule has 0 saturated carbocycles. The fourth-order valence-corrected chi connectivity index (χ4v) is 2.55. The lowest BCUT2D eigenvalue weighted by Gasteiger charge is -2.19. The predicted molar refractivity (Wildman–Crippen MR) is 88.6 cm³/mol. The number of anilines is 2. The van der Waals surface area contributed by atoms with E-state index in [1.165, 1.54) is 0 Å². The minimum Gasteiger partial charge on any atom is -0.365 e. The van der Waals surface area contributed by atoms with Crippen molar-refractivity contribution in [3.05, 3.63) is 47.2 Å². The Balaban J connectivity index is 1.95. The summed E-state index contributed by atoms with van der Waals surface area (Å²) in [7, 11) is 1.56. The fraction of sp³-hybridized carbons (Fsp3) is 0.267. The van der Waals surface area contributed by atoms with Crippen molar-refractivity contribution in [2.24, 2.45) is 0 Å². The summed E-state index contributed by atoms with van der Waals surface area (Å²) in [5.41, 5.74) is 1.14. The van der Waals surface area contributed by atoms with E-state index in [-0.39, 0.29) is 16.9 Å². The van der Waals surface area contributed by atoms with E-state index < -0.39 is 11.9 Å². The van der Waals surface area contributed by atoms with Gasteiger partial charge in [0.2, 0.25) is 5.95 Å². The van der Waals surface area contributed by atoms with Gasteiger partial charge in [-0.05, 0) is 23.3 Å². The molecule has 0 aliphatic carbocycles. The first-order valence-corrected chi connectivity index (χ1v) is 7.54. The van der Waals surface area contributed by atoms with Crippen molar-refractivity contribution in [1.82, 2.24) is 15.3 Å². The molecule has 9 heteroatoms. The molecule has 1 aromatic heterocycles. The smallest absolute Gasteiger partial charge is 0.365 e. The number of aromatic nitrogens is 2. The summed E-state index contributed by atoms with van der Waals surface area (Å²) in [5.74, 6) is 0.0186. The summed E-state index contributed by atoms with van der Waals surface area (Å²) in [4.78, 5) is 9.46. The number of alkyl halides is 3. The second kappa shape index (κ2) is 6.23. The average molecular weight is 353 g/mol. The van der Waals surface area contributed by atoms with Gasteiger partial charge in [0.1, 0.15) is 5.82 Å². The molecule has 0 unspecified atom stereocenters. The van der Waals surface area contributed by atoms with Crippen molar-refractivity contribution >= 4 is 29.1 Å². The zero-order valence-electron chi connectivity index (χ0n) is 12.7. The summed E-state index contributed by atoms with van der Waals surface area (Å²) >= 11 is 4.91. The number of nitrogens with zero attached hydrogens (tertiary/aromatic N) is 3. The van der Waals surface area contributed by atoms with Crippen LogP contribution in [-0.2, 0) is 19.3 Å². The number of nitrogens with one attached hydrogen (secondary N) is 2. The van der Waals surface area contributed by atoms with E-state index in [9.17, 15) is 13.2 Å². The molecule has 3 rings (SSSR count). The molecule has 0 atom stereocenters. The SMILES string of the molecule is CNC(=S)Nc1nc(N2Cc3ccccc3C2)cc(C(F)(F)F)n1. The molecule has 2 aromatic rings. The standard InChI is InChI=1S/C15H14F3N5S/c1-19-14(24)22-13-20-11(15(16,17)18)6-12(21-13)23-7-9-4-2-3-5-10(9)8-23/h2-6H,7-8H2,1H3,(H2,19,20,21,22,24). The first-order valence-electron chi connectivity index (χ1n) is 7.13. The van der Waals surface area contributed by atoms with E-state index in [0.29, 0.717) is 13.1 Å². The van der Waals surface area contributed by atoms with Gasteiger partial charge in [0, 0.05) is 26.2 Å². The summed E-state index contributed by atoms with van der Waals surface area (Å²) in [5, 5.41) is 5.32. The normalized spacial score (nSPS) is 13.6. The number of hydrogen-bond acceptors (Lipinski definition) is 4. The van der Waals surface area contributed by atoms with Crippen LogP contribution >= 0.6 is 12.2 Å². The Morgan fingerprint density at radius 3 is 2.33 bits per heavy atom. The quantitative estimate of drug-likeness (QED) is 0.810. The Labute approximate surface area is 141 Å². The molecule has 2 heterocycles. The molecule has 0 amide bonds. The Kier molecular flexibility index (Phi) is 4.27. The third kappa shape index (κ3) is 3.40. The van der Waals surface area contributed by atoms with Crippen molar-refractivity contribution in [2.75, 3.05) is 17.3 Å². The number of fused-ring (bicyclic) bond motifs is 1. The van der Waals surface area contributed by atoms with Gasteiger partial charge < -0.3 is 15.5 Å². The molecule has 1 aliphatic rings. The predicted octanol–water partition coefficient (Wildman–Crippen LogP) is 2.93. The fourth-order valence-electron chi connectivity index (χ4n) is 2.46. The van der Waals surface area contributed by atoms with Crippen molar-refractivity contribution in [3.63, 3.8) is 0 Å². The monoisotopic (exact) mass is 353 g/mol. The number of benzene rings is 1. The van der Waals surface area contributed by atoms with Crippen molar-refractivity contribution in [2.45, 2.75) is 19.3 Å². The van der Waals surface area contributed by atoms with Gasteiger partial charge in [-0.1, -0.05) is 24.3 Å². The lowest BCUT2D eigenvalue weighted by molar-refractivity contribution is -0.141. The maximum Gasteiger partial charge on any atom is 0.433 e. The highest BCUT2D eigenvalue weighted by Gasteiger charge is 2.35. The molecule has 1 aliphatic heterocycles. The van der Waals surface area contributed by atoms with Gasteiger partial charge >= 0.3 is 6.18 Å². The van der Waals surface area contributed by atoms with Crippen LogP contribution in [0.4, 0.5) is 24.9 Å². The minimum absolute atomic E-state index is 0.144. The van der Waals surface area contributed by atoms with Crippen LogP contribution < -0.4 is 15.5 Å². The molecule has 5 nitrogen and oxygen atoms in total. The Hall–Kier alpha value is -2.42. The minimum atomic E-state index is -4.57. The second-order valence-electron chi connectivity index (χ2n) is 5.26. The zero-order chi connectivity index (χ0) is 17.3. The lowest BCUT2D eigenvalue weighted by atomic mass is 10.1. The Morgan fingerprint density at radius 2 is 1.79 bits per heavy atom. The summed E-state index contributed by atoms with van der Waals surface area (Å²) < 4.78 is 39.4. The van der Waals surface area contributed by atoms with Gasteiger partial charge in [0.05, 0.1) is 0 Å². The highest BCUT2D eigenvalue weighted by atomic mass is 32.1. The van der Waals surface area contributed by atoms with Gasteiger partial charge in [0.25, 0.3) is 0 Å². The first-order chi connectivity index (χ1) is 11.4. The molecule has 0 bridgehead atoms. The third-order valence-electron chi connectivity index (χ3n) is 3.62.